The van der Waals surface area contributed by atoms with Crippen molar-refractivity contribution in [1.82, 2.24) is 0 Å². The Labute approximate surface area is 66.3 Å². The Morgan fingerprint density at radius 1 is 1.36 bits per heavy atom. The molecule has 0 radical (unpaired) electrons. The number of ether oxygens (including phenoxy) is 2. The van der Waals surface area contributed by atoms with Crippen molar-refractivity contribution in [2.75, 3.05) is 19.8 Å². The van der Waals surface area contributed by atoms with Gasteiger partial charge in [-0.15, -0.1) is 0 Å². The summed E-state index contributed by atoms with van der Waals surface area (Å²) in [6.45, 7) is 1.80. The maximum Gasteiger partial charge on any atom is 0.0840 e. The van der Waals surface area contributed by atoms with Crippen molar-refractivity contribution in [3.63, 3.8) is 0 Å². The minimum absolute atomic E-state index is 0.0889. The van der Waals surface area contributed by atoms with Gasteiger partial charge in [0.15, 0.2) is 0 Å². The quantitative estimate of drug-likeness (QED) is 0.597. The van der Waals surface area contributed by atoms with Gasteiger partial charge in [0.2, 0.25) is 0 Å². The highest BCUT2D eigenvalue weighted by Gasteiger charge is 2.45. The van der Waals surface area contributed by atoms with Crippen LogP contribution >= 0.6 is 0 Å². The SMILES string of the molecule is OCC1CC2(CCOCC2)O1. The van der Waals surface area contributed by atoms with Gasteiger partial charge in [-0.2, -0.15) is 0 Å². The van der Waals surface area contributed by atoms with Gasteiger partial charge in [-0.25, -0.2) is 0 Å². The average molecular weight is 158 g/mol. The molecule has 3 heteroatoms. The topological polar surface area (TPSA) is 38.7 Å². The monoisotopic (exact) mass is 158 g/mol. The Bertz CT molecular complexity index is 132. The molecule has 0 aliphatic carbocycles. The first-order chi connectivity index (χ1) is 5.35. The molecule has 2 heterocycles. The first-order valence-electron chi connectivity index (χ1n) is 4.21. The highest BCUT2D eigenvalue weighted by atomic mass is 16.6. The molecular weight excluding hydrogens is 144 g/mol. The number of aliphatic hydroxyl groups is 1. The van der Waals surface area contributed by atoms with E-state index in [4.69, 9.17) is 14.6 Å². The first kappa shape index (κ1) is 7.53. The third-order valence-corrected chi connectivity index (χ3v) is 2.62. The van der Waals surface area contributed by atoms with Crippen LogP contribution in [-0.2, 0) is 9.47 Å². The lowest BCUT2D eigenvalue weighted by molar-refractivity contribution is -0.245. The van der Waals surface area contributed by atoms with Gasteiger partial charge in [-0.3, -0.25) is 0 Å². The summed E-state index contributed by atoms with van der Waals surface area (Å²) in [5.74, 6) is 0. The normalized spacial score (nSPS) is 35.2. The van der Waals surface area contributed by atoms with Crippen LogP contribution in [0.1, 0.15) is 19.3 Å². The van der Waals surface area contributed by atoms with Gasteiger partial charge >= 0.3 is 0 Å². The zero-order chi connectivity index (χ0) is 7.73. The lowest BCUT2D eigenvalue weighted by atomic mass is 9.82. The summed E-state index contributed by atoms with van der Waals surface area (Å²) in [7, 11) is 0. The summed E-state index contributed by atoms with van der Waals surface area (Å²) >= 11 is 0. The molecule has 0 aromatic carbocycles. The van der Waals surface area contributed by atoms with E-state index in [9.17, 15) is 0 Å². The molecule has 64 valence electrons. The molecule has 2 fully saturated rings. The van der Waals surface area contributed by atoms with Crippen molar-refractivity contribution < 1.29 is 14.6 Å². The molecule has 1 unspecified atom stereocenters. The lowest BCUT2D eigenvalue weighted by Gasteiger charge is -2.49. The minimum Gasteiger partial charge on any atom is -0.394 e. The molecule has 0 saturated carbocycles. The van der Waals surface area contributed by atoms with Crippen LogP contribution in [0.25, 0.3) is 0 Å². The second kappa shape index (κ2) is 2.73. The highest BCUT2D eigenvalue weighted by molar-refractivity contribution is 4.94. The highest BCUT2D eigenvalue weighted by Crippen LogP contribution is 2.40. The average Bonchev–Trinajstić information content (AvgIpc) is 2.01. The van der Waals surface area contributed by atoms with Crippen LogP contribution < -0.4 is 0 Å². The Morgan fingerprint density at radius 2 is 2.00 bits per heavy atom. The van der Waals surface area contributed by atoms with E-state index >= 15 is 0 Å². The number of aliphatic hydroxyl groups excluding tert-OH is 1. The Hall–Kier alpha value is -0.120. The molecule has 1 atom stereocenters. The summed E-state index contributed by atoms with van der Waals surface area (Å²) in [6, 6.07) is 0. The van der Waals surface area contributed by atoms with E-state index in [0.717, 1.165) is 32.5 Å². The zero-order valence-corrected chi connectivity index (χ0v) is 6.58. The molecule has 1 N–H and O–H groups in total. The summed E-state index contributed by atoms with van der Waals surface area (Å²) in [5.41, 5.74) is 0.0889. The van der Waals surface area contributed by atoms with Gasteiger partial charge < -0.3 is 14.6 Å². The van der Waals surface area contributed by atoms with E-state index in [-0.39, 0.29) is 18.3 Å². The van der Waals surface area contributed by atoms with Crippen LogP contribution in [0.2, 0.25) is 0 Å². The maximum atomic E-state index is 8.74. The number of hydrogen-bond donors (Lipinski definition) is 1. The van der Waals surface area contributed by atoms with Gasteiger partial charge in [-0.1, -0.05) is 0 Å². The summed E-state index contributed by atoms with van der Waals surface area (Å²) in [5, 5.41) is 8.74. The van der Waals surface area contributed by atoms with Gasteiger partial charge in [0, 0.05) is 19.6 Å². The fourth-order valence-electron chi connectivity index (χ4n) is 1.93. The molecule has 2 rings (SSSR count). The fourth-order valence-corrected chi connectivity index (χ4v) is 1.93. The second-order valence-corrected chi connectivity index (χ2v) is 3.42. The van der Waals surface area contributed by atoms with Gasteiger partial charge in [-0.05, 0) is 12.8 Å². The van der Waals surface area contributed by atoms with Gasteiger partial charge in [0.25, 0.3) is 0 Å². The van der Waals surface area contributed by atoms with Crippen molar-refractivity contribution in [3.05, 3.63) is 0 Å². The molecule has 2 aliphatic rings. The molecule has 0 aromatic heterocycles. The minimum atomic E-state index is 0.0889. The Kier molecular flexibility index (Phi) is 1.87. The smallest absolute Gasteiger partial charge is 0.0840 e. The lowest BCUT2D eigenvalue weighted by Crippen LogP contribution is -2.54. The first-order valence-corrected chi connectivity index (χ1v) is 4.21. The van der Waals surface area contributed by atoms with E-state index in [1.165, 1.54) is 0 Å². The molecule has 1 spiro atoms. The third-order valence-electron chi connectivity index (χ3n) is 2.62. The maximum absolute atomic E-state index is 8.74. The standard InChI is InChI=1S/C8H14O3/c9-6-7-5-8(11-7)1-3-10-4-2-8/h7,9H,1-6H2. The van der Waals surface area contributed by atoms with Gasteiger partial charge in [0.1, 0.15) is 0 Å². The zero-order valence-electron chi connectivity index (χ0n) is 6.58. The Balaban J connectivity index is 1.84. The van der Waals surface area contributed by atoms with Crippen LogP contribution in [0.15, 0.2) is 0 Å². The van der Waals surface area contributed by atoms with Crippen LogP contribution in [-0.4, -0.2) is 36.6 Å². The number of hydrogen-bond acceptors (Lipinski definition) is 3. The predicted molar refractivity (Wildman–Crippen MR) is 39.4 cm³/mol. The van der Waals surface area contributed by atoms with Crippen LogP contribution in [0, 0.1) is 0 Å². The van der Waals surface area contributed by atoms with Crippen molar-refractivity contribution in [3.8, 4) is 0 Å². The van der Waals surface area contributed by atoms with Crippen LogP contribution in [0.4, 0.5) is 0 Å². The number of rotatable bonds is 1. The summed E-state index contributed by atoms with van der Waals surface area (Å²) in [6.07, 6.45) is 3.13. The van der Waals surface area contributed by atoms with Gasteiger partial charge in [0.05, 0.1) is 18.3 Å². The molecule has 0 aromatic rings. The summed E-state index contributed by atoms with van der Waals surface area (Å²) < 4.78 is 10.8. The molecule has 2 saturated heterocycles. The van der Waals surface area contributed by atoms with Crippen LogP contribution in [0.5, 0.6) is 0 Å². The molecule has 2 aliphatic heterocycles. The van der Waals surface area contributed by atoms with E-state index in [1.807, 2.05) is 0 Å². The molecular formula is C8H14O3. The van der Waals surface area contributed by atoms with Crippen LogP contribution in [0.3, 0.4) is 0 Å². The van der Waals surface area contributed by atoms with E-state index in [1.54, 1.807) is 0 Å². The van der Waals surface area contributed by atoms with Crippen molar-refractivity contribution in [1.29, 1.82) is 0 Å². The van der Waals surface area contributed by atoms with Crippen molar-refractivity contribution in [2.45, 2.75) is 31.0 Å². The Morgan fingerprint density at radius 3 is 2.55 bits per heavy atom. The predicted octanol–water partition coefficient (Wildman–Crippen LogP) is 0.317. The molecule has 3 nitrogen and oxygen atoms in total. The van der Waals surface area contributed by atoms with E-state index in [2.05, 4.69) is 0 Å². The van der Waals surface area contributed by atoms with Crippen molar-refractivity contribution >= 4 is 0 Å². The van der Waals surface area contributed by atoms with E-state index < -0.39 is 0 Å². The fraction of sp³-hybridized carbons (Fsp3) is 1.00. The third kappa shape index (κ3) is 1.28. The molecule has 11 heavy (non-hydrogen) atoms. The second-order valence-electron chi connectivity index (χ2n) is 3.42. The molecule has 0 amide bonds. The molecule has 0 bridgehead atoms. The van der Waals surface area contributed by atoms with Crippen molar-refractivity contribution in [2.24, 2.45) is 0 Å². The largest absolute Gasteiger partial charge is 0.394 e. The van der Waals surface area contributed by atoms with E-state index in [0.29, 0.717) is 0 Å². The summed E-state index contributed by atoms with van der Waals surface area (Å²) in [4.78, 5) is 0.